The van der Waals surface area contributed by atoms with Crippen LogP contribution < -0.4 is 20.1 Å². The highest BCUT2D eigenvalue weighted by Crippen LogP contribution is 2.30. The fourth-order valence-electron chi connectivity index (χ4n) is 3.79. The number of likely N-dealkylation sites (tertiary alicyclic amines) is 1. The first-order chi connectivity index (χ1) is 14.1. The Morgan fingerprint density at radius 1 is 1.13 bits per heavy atom. The molecule has 0 spiro atoms. The number of hydrogen-bond donors (Lipinski definition) is 2. The largest absolute Gasteiger partial charge is 0.490 e. The van der Waals surface area contributed by atoms with Crippen molar-refractivity contribution in [2.24, 2.45) is 10.9 Å². The van der Waals surface area contributed by atoms with E-state index in [9.17, 15) is 0 Å². The molecule has 0 aliphatic carbocycles. The third-order valence-corrected chi connectivity index (χ3v) is 5.45. The second kappa shape index (κ2) is 14.7. The van der Waals surface area contributed by atoms with Gasteiger partial charge in [-0.25, -0.2) is 0 Å². The van der Waals surface area contributed by atoms with Crippen molar-refractivity contribution in [3.05, 3.63) is 23.8 Å². The molecule has 1 aromatic carbocycles. The zero-order chi connectivity index (χ0) is 21.1. The summed E-state index contributed by atoms with van der Waals surface area (Å²) in [5, 5.41) is 7.03. The molecule has 2 rings (SSSR count). The second-order valence-electron chi connectivity index (χ2n) is 7.68. The van der Waals surface area contributed by atoms with Gasteiger partial charge in [-0.1, -0.05) is 13.0 Å². The lowest BCUT2D eigenvalue weighted by atomic mass is 9.97. The number of benzene rings is 1. The Hall–Kier alpha value is -1.22. The first-order valence-electron chi connectivity index (χ1n) is 11.2. The molecule has 30 heavy (non-hydrogen) atoms. The highest BCUT2D eigenvalue weighted by molar-refractivity contribution is 14.0. The van der Waals surface area contributed by atoms with Gasteiger partial charge in [0.2, 0.25) is 0 Å². The first kappa shape index (κ1) is 26.8. The zero-order valence-electron chi connectivity index (χ0n) is 19.4. The molecule has 6 nitrogen and oxygen atoms in total. The van der Waals surface area contributed by atoms with Crippen molar-refractivity contribution in [1.29, 1.82) is 0 Å². The molecule has 0 amide bonds. The van der Waals surface area contributed by atoms with Gasteiger partial charge in [-0.15, -0.1) is 24.0 Å². The van der Waals surface area contributed by atoms with Crippen LogP contribution in [0.25, 0.3) is 0 Å². The minimum Gasteiger partial charge on any atom is -0.490 e. The van der Waals surface area contributed by atoms with Gasteiger partial charge in [0.1, 0.15) is 0 Å². The third kappa shape index (κ3) is 8.49. The van der Waals surface area contributed by atoms with Gasteiger partial charge in [0.15, 0.2) is 17.5 Å². The van der Waals surface area contributed by atoms with E-state index in [2.05, 4.69) is 46.5 Å². The molecule has 1 aliphatic heterocycles. The standard InChI is InChI=1S/C23H40N4O2.HI/c1-6-13-27-14-11-19(12-15-27)17-25-23(24-5)26-18(4)20-9-10-21(28-7-2)22(16-20)29-8-3;/h9-10,16,18-19H,6-8,11-15,17H2,1-5H3,(H2,24,25,26);1H. The predicted molar refractivity (Wildman–Crippen MR) is 137 cm³/mol. The number of hydrogen-bond acceptors (Lipinski definition) is 4. The molecule has 0 saturated carbocycles. The number of piperidine rings is 1. The minimum atomic E-state index is 0. The van der Waals surface area contributed by atoms with Gasteiger partial charge in [0.25, 0.3) is 0 Å². The number of nitrogens with one attached hydrogen (secondary N) is 2. The highest BCUT2D eigenvalue weighted by atomic mass is 127. The fraction of sp³-hybridized carbons (Fsp3) is 0.696. The zero-order valence-corrected chi connectivity index (χ0v) is 21.7. The van der Waals surface area contributed by atoms with Crippen molar-refractivity contribution in [2.75, 3.05) is 46.4 Å². The van der Waals surface area contributed by atoms with Crippen molar-refractivity contribution >= 4 is 29.9 Å². The average molecular weight is 533 g/mol. The number of ether oxygens (including phenoxy) is 2. The third-order valence-electron chi connectivity index (χ3n) is 5.45. The maximum atomic E-state index is 5.76. The van der Waals surface area contributed by atoms with Crippen molar-refractivity contribution < 1.29 is 9.47 Å². The SMILES string of the molecule is CCCN1CCC(CNC(=NC)NC(C)c2ccc(OCC)c(OCC)c2)CC1.I. The van der Waals surface area contributed by atoms with Gasteiger partial charge < -0.3 is 25.0 Å². The van der Waals surface area contributed by atoms with Gasteiger partial charge in [0, 0.05) is 13.6 Å². The lowest BCUT2D eigenvalue weighted by molar-refractivity contribution is 0.185. The number of rotatable bonds is 10. The van der Waals surface area contributed by atoms with Crippen LogP contribution in [0.1, 0.15) is 58.6 Å². The molecule has 1 fully saturated rings. The summed E-state index contributed by atoms with van der Waals surface area (Å²) in [6.45, 7) is 14.2. The Bertz CT molecular complexity index is 634. The topological polar surface area (TPSA) is 58.1 Å². The Labute approximate surface area is 200 Å². The van der Waals surface area contributed by atoms with Gasteiger partial charge in [-0.05, 0) is 83.3 Å². The first-order valence-corrected chi connectivity index (χ1v) is 11.2. The van der Waals surface area contributed by atoms with Crippen LogP contribution in [0.2, 0.25) is 0 Å². The van der Waals surface area contributed by atoms with E-state index < -0.39 is 0 Å². The van der Waals surface area contributed by atoms with E-state index in [1.807, 2.05) is 27.0 Å². The van der Waals surface area contributed by atoms with Crippen LogP contribution in [-0.4, -0.2) is 57.3 Å². The fourth-order valence-corrected chi connectivity index (χ4v) is 3.79. The van der Waals surface area contributed by atoms with Crippen LogP contribution in [0.4, 0.5) is 0 Å². The molecule has 1 aliphatic rings. The van der Waals surface area contributed by atoms with Gasteiger partial charge in [-0.3, -0.25) is 4.99 Å². The molecule has 0 radical (unpaired) electrons. The summed E-state index contributed by atoms with van der Waals surface area (Å²) in [6, 6.07) is 6.25. The summed E-state index contributed by atoms with van der Waals surface area (Å²) >= 11 is 0. The molecule has 172 valence electrons. The number of nitrogens with zero attached hydrogens (tertiary/aromatic N) is 2. The molecule has 2 N–H and O–H groups in total. The lowest BCUT2D eigenvalue weighted by Gasteiger charge is -2.32. The van der Waals surface area contributed by atoms with Crippen molar-refractivity contribution in [2.45, 2.75) is 53.0 Å². The normalized spacial score (nSPS) is 16.5. The Morgan fingerprint density at radius 2 is 1.80 bits per heavy atom. The summed E-state index contributed by atoms with van der Waals surface area (Å²) in [4.78, 5) is 6.99. The van der Waals surface area contributed by atoms with E-state index in [1.54, 1.807) is 0 Å². The molecule has 1 heterocycles. The molecule has 1 unspecified atom stereocenters. The smallest absolute Gasteiger partial charge is 0.191 e. The average Bonchev–Trinajstić information content (AvgIpc) is 2.73. The molecule has 1 atom stereocenters. The van der Waals surface area contributed by atoms with E-state index in [1.165, 1.54) is 38.9 Å². The van der Waals surface area contributed by atoms with Crippen LogP contribution >= 0.6 is 24.0 Å². The lowest BCUT2D eigenvalue weighted by Crippen LogP contribution is -2.43. The number of halogens is 1. The Balaban J connectivity index is 0.00000450. The molecular formula is C23H41IN4O2. The van der Waals surface area contributed by atoms with E-state index in [4.69, 9.17) is 9.47 Å². The summed E-state index contributed by atoms with van der Waals surface area (Å²) in [7, 11) is 1.83. The minimum absolute atomic E-state index is 0. The highest BCUT2D eigenvalue weighted by Gasteiger charge is 2.19. The molecule has 0 aromatic heterocycles. The van der Waals surface area contributed by atoms with Crippen LogP contribution in [0, 0.1) is 5.92 Å². The van der Waals surface area contributed by atoms with Crippen LogP contribution in [0.15, 0.2) is 23.2 Å². The quantitative estimate of drug-likeness (QED) is 0.265. The van der Waals surface area contributed by atoms with Crippen LogP contribution in [0.3, 0.4) is 0 Å². The van der Waals surface area contributed by atoms with Gasteiger partial charge in [0.05, 0.1) is 19.3 Å². The summed E-state index contributed by atoms with van der Waals surface area (Å²) in [6.07, 6.45) is 3.76. The predicted octanol–water partition coefficient (Wildman–Crippen LogP) is 4.45. The Kier molecular flexibility index (Phi) is 13.2. The van der Waals surface area contributed by atoms with Gasteiger partial charge in [-0.2, -0.15) is 0 Å². The summed E-state index contributed by atoms with van der Waals surface area (Å²) in [5.74, 6) is 3.15. The Morgan fingerprint density at radius 3 is 2.40 bits per heavy atom. The van der Waals surface area contributed by atoms with E-state index in [0.29, 0.717) is 19.1 Å². The van der Waals surface area contributed by atoms with Crippen molar-refractivity contribution in [1.82, 2.24) is 15.5 Å². The molecule has 7 heteroatoms. The van der Waals surface area contributed by atoms with Gasteiger partial charge >= 0.3 is 0 Å². The molecule has 1 saturated heterocycles. The maximum Gasteiger partial charge on any atom is 0.191 e. The van der Waals surface area contributed by atoms with Crippen LogP contribution in [0.5, 0.6) is 11.5 Å². The van der Waals surface area contributed by atoms with Crippen molar-refractivity contribution in [3.63, 3.8) is 0 Å². The summed E-state index contributed by atoms with van der Waals surface area (Å²) < 4.78 is 11.4. The van der Waals surface area contributed by atoms with Crippen LogP contribution in [-0.2, 0) is 0 Å². The van der Waals surface area contributed by atoms with E-state index >= 15 is 0 Å². The summed E-state index contributed by atoms with van der Waals surface area (Å²) in [5.41, 5.74) is 1.15. The van der Waals surface area contributed by atoms with Crippen molar-refractivity contribution in [3.8, 4) is 11.5 Å². The number of aliphatic imine (C=N–C) groups is 1. The maximum absolute atomic E-state index is 5.76. The molecule has 0 bridgehead atoms. The molecule has 1 aromatic rings. The van der Waals surface area contributed by atoms with E-state index in [0.717, 1.165) is 29.6 Å². The monoisotopic (exact) mass is 532 g/mol. The second-order valence-corrected chi connectivity index (χ2v) is 7.68. The van der Waals surface area contributed by atoms with E-state index in [-0.39, 0.29) is 30.0 Å². The number of guanidine groups is 1. The molecular weight excluding hydrogens is 491 g/mol.